The highest BCUT2D eigenvalue weighted by atomic mass is 35.5. The van der Waals surface area contributed by atoms with E-state index in [1.54, 1.807) is 18.2 Å². The fraction of sp³-hybridized carbons (Fsp3) is 0.350. The van der Waals surface area contributed by atoms with Crippen molar-refractivity contribution < 1.29 is 9.53 Å². The van der Waals surface area contributed by atoms with Crippen LogP contribution in [0.4, 0.5) is 11.4 Å². The van der Waals surface area contributed by atoms with Gasteiger partial charge in [-0.05, 0) is 60.7 Å². The van der Waals surface area contributed by atoms with Crippen LogP contribution in [0.3, 0.4) is 0 Å². The molecular formula is C20H23Cl2N3O2S. The lowest BCUT2D eigenvalue weighted by Crippen LogP contribution is -2.16. The van der Waals surface area contributed by atoms with Crippen molar-refractivity contribution in [1.82, 2.24) is 4.72 Å². The highest BCUT2D eigenvalue weighted by Gasteiger charge is 2.18. The minimum atomic E-state index is -0.277. The number of ether oxygens (including phenoxy) is 1. The maximum absolute atomic E-state index is 12.8. The second-order valence-electron chi connectivity index (χ2n) is 6.64. The lowest BCUT2D eigenvalue weighted by molar-refractivity contribution is 0.0853. The molecule has 0 spiro atoms. The van der Waals surface area contributed by atoms with Crippen molar-refractivity contribution in [3.05, 3.63) is 57.6 Å². The van der Waals surface area contributed by atoms with E-state index in [-0.39, 0.29) is 5.91 Å². The zero-order valence-electron chi connectivity index (χ0n) is 15.3. The van der Waals surface area contributed by atoms with Gasteiger partial charge in [0.05, 0.1) is 10.6 Å². The molecule has 28 heavy (non-hydrogen) atoms. The smallest absolute Gasteiger partial charge is 0.257 e. The molecule has 0 bridgehead atoms. The quantitative estimate of drug-likeness (QED) is 0.362. The number of benzene rings is 2. The Labute approximate surface area is 180 Å². The summed E-state index contributed by atoms with van der Waals surface area (Å²) in [5.74, 6) is 0.112. The number of carbonyl (C=O) groups excluding carboxylic acids is 1. The summed E-state index contributed by atoms with van der Waals surface area (Å²) in [5.41, 5.74) is 2.99. The third-order valence-corrected chi connectivity index (χ3v) is 5.42. The molecule has 1 aliphatic rings. The molecule has 2 aromatic rings. The molecule has 0 saturated carbocycles. The van der Waals surface area contributed by atoms with Crippen LogP contribution in [0.25, 0.3) is 0 Å². The average Bonchev–Trinajstić information content (AvgIpc) is 2.69. The maximum atomic E-state index is 12.8. The van der Waals surface area contributed by atoms with Crippen molar-refractivity contribution in [2.45, 2.75) is 18.8 Å². The number of hydrogen-bond donors (Lipinski definition) is 4. The minimum Gasteiger partial charge on any atom is -0.384 e. The summed E-state index contributed by atoms with van der Waals surface area (Å²) in [7, 11) is 0. The predicted molar refractivity (Wildman–Crippen MR) is 119 cm³/mol. The van der Waals surface area contributed by atoms with Crippen molar-refractivity contribution in [3.8, 4) is 0 Å². The first-order valence-corrected chi connectivity index (χ1v) is 10.4. The van der Waals surface area contributed by atoms with Gasteiger partial charge in [-0.25, -0.2) is 0 Å². The van der Waals surface area contributed by atoms with Crippen LogP contribution < -0.4 is 15.4 Å². The molecule has 1 aliphatic heterocycles. The molecule has 3 rings (SSSR count). The number of hydrogen-bond acceptors (Lipinski definition) is 5. The Hall–Kier alpha value is -1.44. The van der Waals surface area contributed by atoms with E-state index in [1.165, 1.54) is 0 Å². The maximum Gasteiger partial charge on any atom is 0.257 e. The van der Waals surface area contributed by atoms with Gasteiger partial charge in [0.2, 0.25) is 0 Å². The van der Waals surface area contributed by atoms with Crippen molar-refractivity contribution in [1.29, 1.82) is 0 Å². The summed E-state index contributed by atoms with van der Waals surface area (Å²) < 4.78 is 8.20. The number of thiol groups is 1. The summed E-state index contributed by atoms with van der Waals surface area (Å²) in [6.07, 6.45) is 1.91. The number of rotatable bonds is 7. The number of nitrogens with one attached hydrogen (secondary N) is 3. The molecule has 0 aromatic heterocycles. The van der Waals surface area contributed by atoms with E-state index in [1.807, 2.05) is 18.2 Å². The summed E-state index contributed by atoms with van der Waals surface area (Å²) >= 11 is 16.5. The van der Waals surface area contributed by atoms with Crippen LogP contribution >= 0.6 is 36.0 Å². The zero-order valence-corrected chi connectivity index (χ0v) is 17.7. The second-order valence-corrected chi connectivity index (χ2v) is 7.80. The van der Waals surface area contributed by atoms with Crippen LogP contribution in [0.5, 0.6) is 0 Å². The van der Waals surface area contributed by atoms with Crippen LogP contribution in [0.2, 0.25) is 10.0 Å². The molecule has 2 aromatic carbocycles. The average molecular weight is 440 g/mol. The van der Waals surface area contributed by atoms with Gasteiger partial charge in [-0.15, -0.1) is 0 Å². The number of carbonyl (C=O) groups is 1. The van der Waals surface area contributed by atoms with Gasteiger partial charge in [0, 0.05) is 42.7 Å². The van der Waals surface area contributed by atoms with E-state index < -0.39 is 0 Å². The molecule has 150 valence electrons. The Morgan fingerprint density at radius 3 is 2.61 bits per heavy atom. The Kier molecular flexibility index (Phi) is 7.88. The van der Waals surface area contributed by atoms with E-state index in [0.29, 0.717) is 40.3 Å². The molecule has 0 radical (unpaired) electrons. The number of anilines is 2. The fourth-order valence-corrected chi connectivity index (χ4v) is 3.78. The van der Waals surface area contributed by atoms with Gasteiger partial charge in [0.15, 0.2) is 0 Å². The molecule has 1 heterocycles. The van der Waals surface area contributed by atoms with Gasteiger partial charge >= 0.3 is 0 Å². The van der Waals surface area contributed by atoms with Crippen LogP contribution in [0.1, 0.15) is 34.7 Å². The van der Waals surface area contributed by atoms with E-state index in [2.05, 4.69) is 28.2 Å². The highest BCUT2D eigenvalue weighted by molar-refractivity contribution is 7.78. The van der Waals surface area contributed by atoms with Gasteiger partial charge in [-0.3, -0.25) is 9.52 Å². The molecule has 1 saturated heterocycles. The van der Waals surface area contributed by atoms with Gasteiger partial charge < -0.3 is 15.4 Å². The van der Waals surface area contributed by atoms with Gasteiger partial charge in [-0.1, -0.05) is 36.0 Å². The van der Waals surface area contributed by atoms with E-state index in [0.717, 1.165) is 37.3 Å². The zero-order chi connectivity index (χ0) is 19.9. The molecule has 3 N–H and O–H groups in total. The molecule has 0 atom stereocenters. The molecular weight excluding hydrogens is 417 g/mol. The third kappa shape index (κ3) is 5.78. The van der Waals surface area contributed by atoms with Crippen molar-refractivity contribution in [2.24, 2.45) is 0 Å². The summed E-state index contributed by atoms with van der Waals surface area (Å²) in [5, 5.41) is 7.12. The normalized spacial score (nSPS) is 14.7. The lowest BCUT2D eigenvalue weighted by atomic mass is 9.91. The van der Waals surface area contributed by atoms with Crippen molar-refractivity contribution in [3.63, 3.8) is 0 Å². The summed E-state index contributed by atoms with van der Waals surface area (Å²) in [4.78, 5) is 12.8. The molecule has 1 fully saturated rings. The first kappa shape index (κ1) is 21.3. The molecule has 1 amide bonds. The molecule has 0 unspecified atom stereocenters. The largest absolute Gasteiger partial charge is 0.384 e. The van der Waals surface area contributed by atoms with E-state index >= 15 is 0 Å². The van der Waals surface area contributed by atoms with Gasteiger partial charge in [0.1, 0.15) is 0 Å². The molecule has 0 aliphatic carbocycles. The summed E-state index contributed by atoms with van der Waals surface area (Å²) in [6.45, 7) is 2.85. The van der Waals surface area contributed by atoms with E-state index in [9.17, 15) is 4.79 Å². The third-order valence-electron chi connectivity index (χ3n) is 4.65. The Bertz CT molecular complexity index is 829. The Morgan fingerprint density at radius 1 is 1.07 bits per heavy atom. The standard InChI is InChI=1S/C20H23Cl2N3O2S/c21-15-9-14(13-3-7-27-8-4-13)10-17(11-15)25-20(26)18-12-16(1-2-19(18)22)23-5-6-24-28/h1-2,9-13,23-24,28H,3-8H2,(H,25,26). The monoisotopic (exact) mass is 439 g/mol. The predicted octanol–water partition coefficient (Wildman–Crippen LogP) is 4.99. The molecule has 8 heteroatoms. The van der Waals surface area contributed by atoms with Gasteiger partial charge in [-0.2, -0.15) is 0 Å². The van der Waals surface area contributed by atoms with Crippen molar-refractivity contribution in [2.75, 3.05) is 36.9 Å². The van der Waals surface area contributed by atoms with Crippen LogP contribution in [0.15, 0.2) is 36.4 Å². The topological polar surface area (TPSA) is 62.4 Å². The first-order chi connectivity index (χ1) is 13.6. The number of amides is 1. The van der Waals surface area contributed by atoms with Crippen LogP contribution in [-0.4, -0.2) is 32.2 Å². The SMILES string of the molecule is O=C(Nc1cc(Cl)cc(C2CCOCC2)c1)c1cc(NCCNS)ccc1Cl. The first-order valence-electron chi connectivity index (χ1n) is 9.17. The van der Waals surface area contributed by atoms with Crippen LogP contribution in [0, 0.1) is 0 Å². The Morgan fingerprint density at radius 2 is 1.86 bits per heavy atom. The Balaban J connectivity index is 1.75. The molecule has 5 nitrogen and oxygen atoms in total. The minimum absolute atomic E-state index is 0.277. The van der Waals surface area contributed by atoms with Gasteiger partial charge in [0.25, 0.3) is 5.91 Å². The highest BCUT2D eigenvalue weighted by Crippen LogP contribution is 2.31. The lowest BCUT2D eigenvalue weighted by Gasteiger charge is -2.23. The van der Waals surface area contributed by atoms with Crippen LogP contribution in [-0.2, 0) is 4.74 Å². The number of halogens is 2. The summed E-state index contributed by atoms with van der Waals surface area (Å²) in [6, 6.07) is 11.0. The van der Waals surface area contributed by atoms with E-state index in [4.69, 9.17) is 27.9 Å². The fourth-order valence-electron chi connectivity index (χ4n) is 3.22. The van der Waals surface area contributed by atoms with Crippen molar-refractivity contribution >= 4 is 53.3 Å². The second kappa shape index (κ2) is 10.4.